The van der Waals surface area contributed by atoms with Crippen LogP contribution in [0.25, 0.3) is 0 Å². The first-order valence-electron chi connectivity index (χ1n) is 3.36. The molecule has 1 unspecified atom stereocenters. The van der Waals surface area contributed by atoms with Crippen molar-refractivity contribution in [2.75, 3.05) is 7.11 Å². The van der Waals surface area contributed by atoms with E-state index >= 15 is 0 Å². The van der Waals surface area contributed by atoms with Gasteiger partial charge < -0.3 is 16.2 Å². The van der Waals surface area contributed by atoms with Gasteiger partial charge in [-0.15, -0.1) is 0 Å². The molecule has 5 heteroatoms. The SMILES string of the molecule is COC(=O)/C=C/C(N)CC(N)=O. The summed E-state index contributed by atoms with van der Waals surface area (Å²) in [7, 11) is 1.26. The van der Waals surface area contributed by atoms with Gasteiger partial charge in [0.2, 0.25) is 5.91 Å². The lowest BCUT2D eigenvalue weighted by Crippen LogP contribution is -2.25. The van der Waals surface area contributed by atoms with Crippen LogP contribution in [-0.2, 0) is 14.3 Å². The van der Waals surface area contributed by atoms with Crippen molar-refractivity contribution >= 4 is 11.9 Å². The van der Waals surface area contributed by atoms with Gasteiger partial charge in [-0.2, -0.15) is 0 Å². The van der Waals surface area contributed by atoms with Crippen LogP contribution in [0.2, 0.25) is 0 Å². The highest BCUT2D eigenvalue weighted by Crippen LogP contribution is 1.89. The fourth-order valence-corrected chi connectivity index (χ4v) is 0.571. The molecule has 0 aromatic rings. The Kier molecular flexibility index (Phi) is 4.71. The predicted molar refractivity (Wildman–Crippen MR) is 42.9 cm³/mol. The summed E-state index contributed by atoms with van der Waals surface area (Å²) in [5.74, 6) is -1.01. The Morgan fingerprint density at radius 2 is 2.17 bits per heavy atom. The third kappa shape index (κ3) is 5.43. The average Bonchev–Trinajstić information content (AvgIpc) is 1.99. The van der Waals surface area contributed by atoms with E-state index in [1.54, 1.807) is 0 Å². The molecule has 0 fully saturated rings. The van der Waals surface area contributed by atoms with Crippen LogP contribution in [-0.4, -0.2) is 25.0 Å². The fourth-order valence-electron chi connectivity index (χ4n) is 0.571. The van der Waals surface area contributed by atoms with Crippen LogP contribution in [0.4, 0.5) is 0 Å². The van der Waals surface area contributed by atoms with E-state index in [0.717, 1.165) is 6.08 Å². The number of methoxy groups -OCH3 is 1. The van der Waals surface area contributed by atoms with Gasteiger partial charge in [-0.25, -0.2) is 4.79 Å². The lowest BCUT2D eigenvalue weighted by Gasteiger charge is -2.00. The van der Waals surface area contributed by atoms with E-state index in [0.29, 0.717) is 0 Å². The van der Waals surface area contributed by atoms with E-state index in [1.165, 1.54) is 13.2 Å². The fraction of sp³-hybridized carbons (Fsp3) is 0.429. The zero-order chi connectivity index (χ0) is 9.56. The minimum absolute atomic E-state index is 0.0213. The Morgan fingerprint density at radius 1 is 1.58 bits per heavy atom. The molecule has 4 N–H and O–H groups in total. The van der Waals surface area contributed by atoms with Crippen molar-refractivity contribution in [2.24, 2.45) is 11.5 Å². The first-order chi connectivity index (χ1) is 5.56. The number of esters is 1. The summed E-state index contributed by atoms with van der Waals surface area (Å²) >= 11 is 0. The summed E-state index contributed by atoms with van der Waals surface area (Å²) in [5, 5.41) is 0. The van der Waals surface area contributed by atoms with Crippen LogP contribution in [0.5, 0.6) is 0 Å². The van der Waals surface area contributed by atoms with E-state index in [9.17, 15) is 9.59 Å². The maximum atomic E-state index is 10.5. The third-order valence-electron chi connectivity index (χ3n) is 1.12. The Hall–Kier alpha value is -1.36. The largest absolute Gasteiger partial charge is 0.466 e. The highest BCUT2D eigenvalue weighted by Gasteiger charge is 2.02. The second-order valence-corrected chi connectivity index (χ2v) is 2.22. The number of carbonyl (C=O) groups excluding carboxylic acids is 2. The van der Waals surface area contributed by atoms with Crippen molar-refractivity contribution in [3.05, 3.63) is 12.2 Å². The van der Waals surface area contributed by atoms with Gasteiger partial charge in [0.05, 0.1) is 7.11 Å². The van der Waals surface area contributed by atoms with Gasteiger partial charge >= 0.3 is 5.97 Å². The van der Waals surface area contributed by atoms with Crippen molar-refractivity contribution in [1.29, 1.82) is 0 Å². The van der Waals surface area contributed by atoms with E-state index in [1.807, 2.05) is 0 Å². The van der Waals surface area contributed by atoms with Crippen molar-refractivity contribution in [3.63, 3.8) is 0 Å². The minimum Gasteiger partial charge on any atom is -0.466 e. The highest BCUT2D eigenvalue weighted by molar-refractivity contribution is 5.82. The van der Waals surface area contributed by atoms with Crippen LogP contribution in [0, 0.1) is 0 Å². The lowest BCUT2D eigenvalue weighted by atomic mass is 10.2. The molecule has 0 rings (SSSR count). The number of nitrogens with two attached hydrogens (primary N) is 2. The number of hydrogen-bond donors (Lipinski definition) is 2. The zero-order valence-electron chi connectivity index (χ0n) is 6.82. The lowest BCUT2D eigenvalue weighted by molar-refractivity contribution is -0.134. The smallest absolute Gasteiger partial charge is 0.330 e. The summed E-state index contributed by atoms with van der Waals surface area (Å²) in [6.45, 7) is 0. The second-order valence-electron chi connectivity index (χ2n) is 2.22. The van der Waals surface area contributed by atoms with Gasteiger partial charge in [0.15, 0.2) is 0 Å². The summed E-state index contributed by atoms with van der Waals surface area (Å²) in [5.41, 5.74) is 10.2. The van der Waals surface area contributed by atoms with Crippen molar-refractivity contribution in [1.82, 2.24) is 0 Å². The molecule has 0 spiro atoms. The van der Waals surface area contributed by atoms with Gasteiger partial charge in [-0.1, -0.05) is 6.08 Å². The number of carbonyl (C=O) groups is 2. The van der Waals surface area contributed by atoms with Crippen LogP contribution in [0.3, 0.4) is 0 Å². The molecule has 5 nitrogen and oxygen atoms in total. The Bertz CT molecular complexity index is 201. The number of ether oxygens (including phenoxy) is 1. The number of rotatable bonds is 4. The molecule has 0 aliphatic carbocycles. The highest BCUT2D eigenvalue weighted by atomic mass is 16.5. The quantitative estimate of drug-likeness (QED) is 0.416. The number of hydrogen-bond acceptors (Lipinski definition) is 4. The summed E-state index contributed by atoms with van der Waals surface area (Å²) in [4.78, 5) is 20.8. The summed E-state index contributed by atoms with van der Waals surface area (Å²) in [6, 6.07) is -0.526. The van der Waals surface area contributed by atoms with Crippen LogP contribution < -0.4 is 11.5 Å². The number of primary amides is 1. The minimum atomic E-state index is -0.526. The van der Waals surface area contributed by atoms with E-state index in [-0.39, 0.29) is 6.42 Å². The Morgan fingerprint density at radius 3 is 2.58 bits per heavy atom. The van der Waals surface area contributed by atoms with Gasteiger partial charge in [0.25, 0.3) is 0 Å². The van der Waals surface area contributed by atoms with Crippen molar-refractivity contribution in [2.45, 2.75) is 12.5 Å². The molecule has 12 heavy (non-hydrogen) atoms. The van der Waals surface area contributed by atoms with Crippen molar-refractivity contribution < 1.29 is 14.3 Å². The van der Waals surface area contributed by atoms with E-state index in [2.05, 4.69) is 4.74 Å². The van der Waals surface area contributed by atoms with Crippen LogP contribution in [0.15, 0.2) is 12.2 Å². The molecule has 0 heterocycles. The van der Waals surface area contributed by atoms with Crippen LogP contribution in [0.1, 0.15) is 6.42 Å². The van der Waals surface area contributed by atoms with E-state index < -0.39 is 17.9 Å². The summed E-state index contributed by atoms with van der Waals surface area (Å²) in [6.07, 6.45) is 2.55. The molecule has 0 saturated carbocycles. The predicted octanol–water partition coefficient (Wildman–Crippen LogP) is -1.08. The standard InChI is InChI=1S/C7H12N2O3/c1-12-7(11)3-2-5(8)4-6(9)10/h2-3,5H,4,8H2,1H3,(H2,9,10)/b3-2+. The Labute approximate surface area is 70.4 Å². The average molecular weight is 172 g/mol. The first-order valence-corrected chi connectivity index (χ1v) is 3.36. The normalized spacial score (nSPS) is 12.8. The molecular formula is C7H12N2O3. The molecule has 0 aromatic carbocycles. The molecule has 0 aliphatic heterocycles. The van der Waals surface area contributed by atoms with Gasteiger partial charge in [-0.3, -0.25) is 4.79 Å². The number of amides is 1. The molecule has 0 aromatic heterocycles. The van der Waals surface area contributed by atoms with Gasteiger partial charge in [0, 0.05) is 18.5 Å². The zero-order valence-corrected chi connectivity index (χ0v) is 6.82. The first kappa shape index (κ1) is 10.6. The Balaban J connectivity index is 3.82. The molecule has 1 amide bonds. The molecule has 68 valence electrons. The molecule has 0 bridgehead atoms. The summed E-state index contributed by atoms with van der Waals surface area (Å²) < 4.78 is 4.31. The van der Waals surface area contributed by atoms with Gasteiger partial charge in [0.1, 0.15) is 0 Å². The van der Waals surface area contributed by atoms with Gasteiger partial charge in [-0.05, 0) is 0 Å². The molecule has 0 saturated heterocycles. The monoisotopic (exact) mass is 172 g/mol. The van der Waals surface area contributed by atoms with Crippen LogP contribution >= 0.6 is 0 Å². The maximum Gasteiger partial charge on any atom is 0.330 e. The molecule has 0 aliphatic rings. The topological polar surface area (TPSA) is 95.4 Å². The van der Waals surface area contributed by atoms with Crippen molar-refractivity contribution in [3.8, 4) is 0 Å². The molecular weight excluding hydrogens is 160 g/mol. The molecule has 1 atom stereocenters. The van der Waals surface area contributed by atoms with E-state index in [4.69, 9.17) is 11.5 Å². The second kappa shape index (κ2) is 5.31. The maximum absolute atomic E-state index is 10.5. The third-order valence-corrected chi connectivity index (χ3v) is 1.12. The molecule has 0 radical (unpaired) electrons.